The molecule has 0 saturated carbocycles. The number of rotatable bonds is 3. The second-order valence-corrected chi connectivity index (χ2v) is 6.07. The summed E-state index contributed by atoms with van der Waals surface area (Å²) in [5, 5.41) is 5.75. The Morgan fingerprint density at radius 3 is 3.09 bits per heavy atom. The first kappa shape index (κ1) is 14.8. The van der Waals surface area contributed by atoms with Gasteiger partial charge in [-0.25, -0.2) is 9.78 Å². The maximum absolute atomic E-state index is 11.8. The van der Waals surface area contributed by atoms with E-state index in [2.05, 4.69) is 39.2 Å². The first-order valence-electron chi connectivity index (χ1n) is 7.64. The minimum atomic E-state index is -0.150. The van der Waals surface area contributed by atoms with E-state index in [1.807, 2.05) is 19.9 Å². The molecule has 0 fully saturated rings. The minimum Gasteiger partial charge on any atom is -0.371 e. The smallest absolute Gasteiger partial charge is 0.315 e. The molecule has 0 saturated heterocycles. The van der Waals surface area contributed by atoms with Crippen molar-refractivity contribution < 1.29 is 9.53 Å². The van der Waals surface area contributed by atoms with Gasteiger partial charge in [-0.3, -0.25) is 0 Å². The lowest BCUT2D eigenvalue weighted by atomic mass is 10.2. The van der Waals surface area contributed by atoms with Crippen molar-refractivity contribution in [2.45, 2.75) is 39.5 Å². The Morgan fingerprint density at radius 1 is 1.50 bits per heavy atom. The third-order valence-electron chi connectivity index (χ3n) is 3.74. The summed E-state index contributed by atoms with van der Waals surface area (Å²) in [5.74, 6) is 0.919. The second-order valence-electron chi connectivity index (χ2n) is 6.07. The standard InChI is InChI=1S/C16H22N4O2/c1-10(2)18-16(21)17-7-12-8-22-9-15-19-13-5-4-11(3)6-14(13)20(12)15/h4-6,10,12H,7-9H2,1-3H3,(H2,17,18,21). The Balaban J connectivity index is 1.83. The molecule has 6 heteroatoms. The van der Waals surface area contributed by atoms with Crippen LogP contribution >= 0.6 is 0 Å². The fourth-order valence-corrected chi connectivity index (χ4v) is 2.80. The Labute approximate surface area is 129 Å². The number of carbonyl (C=O) groups is 1. The number of imidazole rings is 1. The van der Waals surface area contributed by atoms with Crippen LogP contribution in [0.4, 0.5) is 4.79 Å². The third kappa shape index (κ3) is 2.92. The molecule has 1 aromatic heterocycles. The van der Waals surface area contributed by atoms with E-state index in [0.29, 0.717) is 19.8 Å². The number of hydrogen-bond donors (Lipinski definition) is 2. The fraction of sp³-hybridized carbons (Fsp3) is 0.500. The molecule has 2 amide bonds. The van der Waals surface area contributed by atoms with E-state index < -0.39 is 0 Å². The lowest BCUT2D eigenvalue weighted by Gasteiger charge is -2.26. The number of carbonyl (C=O) groups excluding carboxylic acids is 1. The van der Waals surface area contributed by atoms with Crippen LogP contribution < -0.4 is 10.6 Å². The van der Waals surface area contributed by atoms with E-state index in [0.717, 1.165) is 16.9 Å². The number of urea groups is 1. The van der Waals surface area contributed by atoms with Gasteiger partial charge in [-0.1, -0.05) is 6.07 Å². The quantitative estimate of drug-likeness (QED) is 0.912. The highest BCUT2D eigenvalue weighted by molar-refractivity contribution is 5.77. The van der Waals surface area contributed by atoms with Crippen molar-refractivity contribution in [2.75, 3.05) is 13.2 Å². The molecule has 0 bridgehead atoms. The van der Waals surface area contributed by atoms with Crippen LogP contribution in [-0.2, 0) is 11.3 Å². The van der Waals surface area contributed by atoms with E-state index in [-0.39, 0.29) is 18.1 Å². The number of amides is 2. The predicted octanol–water partition coefficient (Wildman–Crippen LogP) is 2.12. The average Bonchev–Trinajstić information content (AvgIpc) is 2.82. The van der Waals surface area contributed by atoms with Crippen molar-refractivity contribution in [2.24, 2.45) is 0 Å². The molecule has 2 aromatic rings. The zero-order valence-corrected chi connectivity index (χ0v) is 13.2. The van der Waals surface area contributed by atoms with Gasteiger partial charge in [0, 0.05) is 12.6 Å². The highest BCUT2D eigenvalue weighted by Crippen LogP contribution is 2.26. The lowest BCUT2D eigenvalue weighted by Crippen LogP contribution is -2.43. The molecule has 0 spiro atoms. The number of hydrogen-bond acceptors (Lipinski definition) is 3. The van der Waals surface area contributed by atoms with Crippen molar-refractivity contribution >= 4 is 17.1 Å². The summed E-state index contributed by atoms with van der Waals surface area (Å²) >= 11 is 0. The summed E-state index contributed by atoms with van der Waals surface area (Å²) in [6.07, 6.45) is 0. The van der Waals surface area contributed by atoms with Gasteiger partial charge in [0.1, 0.15) is 12.4 Å². The Bertz CT molecular complexity index is 693. The number of ether oxygens (including phenoxy) is 1. The SMILES string of the molecule is Cc1ccc2nc3n(c2c1)C(CNC(=O)NC(C)C)COC3. The predicted molar refractivity (Wildman–Crippen MR) is 84.8 cm³/mol. The summed E-state index contributed by atoms with van der Waals surface area (Å²) in [6.45, 7) is 7.56. The molecular formula is C16H22N4O2. The number of nitrogens with zero attached hydrogens (tertiary/aromatic N) is 2. The summed E-state index contributed by atoms with van der Waals surface area (Å²) in [5.41, 5.74) is 3.28. The molecule has 22 heavy (non-hydrogen) atoms. The molecule has 1 atom stereocenters. The van der Waals surface area contributed by atoms with Crippen molar-refractivity contribution in [1.82, 2.24) is 20.2 Å². The van der Waals surface area contributed by atoms with Gasteiger partial charge < -0.3 is 19.9 Å². The molecule has 6 nitrogen and oxygen atoms in total. The van der Waals surface area contributed by atoms with Crippen LogP contribution in [0.1, 0.15) is 31.3 Å². The highest BCUT2D eigenvalue weighted by Gasteiger charge is 2.24. The van der Waals surface area contributed by atoms with Gasteiger partial charge >= 0.3 is 6.03 Å². The highest BCUT2D eigenvalue weighted by atomic mass is 16.5. The second kappa shape index (κ2) is 5.96. The lowest BCUT2D eigenvalue weighted by molar-refractivity contribution is 0.0572. The van der Waals surface area contributed by atoms with E-state index in [9.17, 15) is 4.79 Å². The van der Waals surface area contributed by atoms with Crippen molar-refractivity contribution in [3.63, 3.8) is 0 Å². The molecule has 1 aromatic carbocycles. The molecule has 1 aliphatic rings. The summed E-state index contributed by atoms with van der Waals surface area (Å²) in [7, 11) is 0. The molecule has 2 N–H and O–H groups in total. The van der Waals surface area contributed by atoms with E-state index in [1.54, 1.807) is 0 Å². The van der Waals surface area contributed by atoms with Crippen LogP contribution in [0.15, 0.2) is 18.2 Å². The fourth-order valence-electron chi connectivity index (χ4n) is 2.80. The summed E-state index contributed by atoms with van der Waals surface area (Å²) in [4.78, 5) is 16.4. The van der Waals surface area contributed by atoms with E-state index in [1.165, 1.54) is 5.56 Å². The van der Waals surface area contributed by atoms with Crippen molar-refractivity contribution in [3.05, 3.63) is 29.6 Å². The van der Waals surface area contributed by atoms with Crippen molar-refractivity contribution in [3.8, 4) is 0 Å². The Kier molecular flexibility index (Phi) is 4.02. The number of aryl methyl sites for hydroxylation is 1. The zero-order valence-electron chi connectivity index (χ0n) is 13.2. The van der Waals surface area contributed by atoms with Crippen LogP contribution in [0.2, 0.25) is 0 Å². The third-order valence-corrected chi connectivity index (χ3v) is 3.74. The molecular weight excluding hydrogens is 280 g/mol. The van der Waals surface area contributed by atoms with Crippen molar-refractivity contribution in [1.29, 1.82) is 0 Å². The number of aromatic nitrogens is 2. The minimum absolute atomic E-state index is 0.0634. The van der Waals surface area contributed by atoms with E-state index in [4.69, 9.17) is 4.74 Å². The monoisotopic (exact) mass is 302 g/mol. The maximum atomic E-state index is 11.8. The number of fused-ring (bicyclic) bond motifs is 3. The molecule has 1 unspecified atom stereocenters. The zero-order chi connectivity index (χ0) is 15.7. The molecule has 3 rings (SSSR count). The van der Waals surface area contributed by atoms with Gasteiger partial charge in [-0.2, -0.15) is 0 Å². The van der Waals surface area contributed by atoms with Gasteiger partial charge in [0.15, 0.2) is 0 Å². The summed E-state index contributed by atoms with van der Waals surface area (Å²) in [6, 6.07) is 6.27. The largest absolute Gasteiger partial charge is 0.371 e. The maximum Gasteiger partial charge on any atom is 0.315 e. The van der Waals surface area contributed by atoms with Crippen LogP contribution in [0.3, 0.4) is 0 Å². The average molecular weight is 302 g/mol. The van der Waals surface area contributed by atoms with Gasteiger partial charge in [-0.15, -0.1) is 0 Å². The molecule has 2 heterocycles. The molecule has 1 aliphatic heterocycles. The molecule has 0 radical (unpaired) electrons. The first-order valence-corrected chi connectivity index (χ1v) is 7.64. The van der Waals surface area contributed by atoms with Gasteiger partial charge in [0.2, 0.25) is 0 Å². The molecule has 0 aliphatic carbocycles. The Morgan fingerprint density at radius 2 is 2.32 bits per heavy atom. The number of nitrogens with one attached hydrogen (secondary N) is 2. The summed E-state index contributed by atoms with van der Waals surface area (Å²) < 4.78 is 7.82. The van der Waals surface area contributed by atoms with E-state index >= 15 is 0 Å². The molecule has 118 valence electrons. The normalized spacial score (nSPS) is 17.5. The van der Waals surface area contributed by atoms with Gasteiger partial charge in [0.25, 0.3) is 0 Å². The number of benzene rings is 1. The van der Waals surface area contributed by atoms with Crippen LogP contribution in [-0.4, -0.2) is 34.8 Å². The van der Waals surface area contributed by atoms with Crippen LogP contribution in [0.25, 0.3) is 11.0 Å². The topological polar surface area (TPSA) is 68.2 Å². The van der Waals surface area contributed by atoms with Crippen LogP contribution in [0, 0.1) is 6.92 Å². The van der Waals surface area contributed by atoms with Gasteiger partial charge in [0.05, 0.1) is 23.7 Å². The van der Waals surface area contributed by atoms with Gasteiger partial charge in [-0.05, 0) is 38.5 Å². The Hall–Kier alpha value is -2.08. The first-order chi connectivity index (χ1) is 10.5. The van der Waals surface area contributed by atoms with Crippen LogP contribution in [0.5, 0.6) is 0 Å².